The molecule has 5 nitrogen and oxygen atoms in total. The summed E-state index contributed by atoms with van der Waals surface area (Å²) in [4.78, 5) is 2.27. The molecule has 0 aromatic rings. The van der Waals surface area contributed by atoms with Gasteiger partial charge in [-0.3, -0.25) is 0 Å². The van der Waals surface area contributed by atoms with Gasteiger partial charge in [0.1, 0.15) is 0 Å². The number of likely N-dealkylation sites (N-methyl/N-ethyl adjacent to an activating group) is 1. The maximum atomic E-state index is 11.7. The first-order chi connectivity index (χ1) is 8.47. The largest absolute Gasteiger partial charge is 0.394 e. The number of hydrogen-bond donors (Lipinski definition) is 2. The van der Waals surface area contributed by atoms with Gasteiger partial charge in [0.15, 0.2) is 9.84 Å². The summed E-state index contributed by atoms with van der Waals surface area (Å²) >= 11 is 0. The van der Waals surface area contributed by atoms with Gasteiger partial charge in [-0.05, 0) is 25.9 Å². The van der Waals surface area contributed by atoms with Crippen LogP contribution >= 0.6 is 0 Å². The maximum Gasteiger partial charge on any atom is 0.152 e. The summed E-state index contributed by atoms with van der Waals surface area (Å²) in [7, 11) is -3.00. The predicted octanol–water partition coefficient (Wildman–Crippen LogP) is -0.142. The Bertz CT molecular complexity index is 341. The Morgan fingerprint density at radius 3 is 2.50 bits per heavy atom. The van der Waals surface area contributed by atoms with Gasteiger partial charge in [0.25, 0.3) is 0 Å². The quantitative estimate of drug-likeness (QED) is 0.678. The fraction of sp³-hybridized carbons (Fsp3) is 1.00. The van der Waals surface area contributed by atoms with E-state index in [-0.39, 0.29) is 18.1 Å². The second-order valence-corrected chi connectivity index (χ2v) is 7.27. The number of sulfone groups is 1. The van der Waals surface area contributed by atoms with Crippen molar-refractivity contribution >= 4 is 9.84 Å². The molecule has 0 bridgehead atoms. The van der Waals surface area contributed by atoms with Crippen molar-refractivity contribution in [1.82, 2.24) is 10.2 Å². The standard InChI is InChI=1S/C12H26N2O3S/c1-3-14(4-2)8-7-13-12(10-15)6-5-9-18(16,17)11-12/h13,15H,3-11H2,1-2H3. The van der Waals surface area contributed by atoms with Crippen LogP contribution in [0.25, 0.3) is 0 Å². The van der Waals surface area contributed by atoms with Gasteiger partial charge in [-0.2, -0.15) is 0 Å². The van der Waals surface area contributed by atoms with Crippen LogP contribution in [0.1, 0.15) is 26.7 Å². The van der Waals surface area contributed by atoms with Gasteiger partial charge in [-0.15, -0.1) is 0 Å². The van der Waals surface area contributed by atoms with Crippen LogP contribution in [0.15, 0.2) is 0 Å². The summed E-state index contributed by atoms with van der Waals surface area (Å²) in [5.41, 5.74) is -0.621. The Labute approximate surface area is 110 Å². The summed E-state index contributed by atoms with van der Waals surface area (Å²) in [5.74, 6) is 0.321. The summed E-state index contributed by atoms with van der Waals surface area (Å²) < 4.78 is 23.3. The zero-order chi connectivity index (χ0) is 13.6. The van der Waals surface area contributed by atoms with Gasteiger partial charge in [0.05, 0.1) is 23.7 Å². The SMILES string of the molecule is CCN(CC)CCNC1(CO)CCCS(=O)(=O)C1. The summed E-state index contributed by atoms with van der Waals surface area (Å²) in [5, 5.41) is 12.8. The van der Waals surface area contributed by atoms with E-state index in [9.17, 15) is 13.5 Å². The lowest BCUT2D eigenvalue weighted by atomic mass is 9.96. The molecule has 1 unspecified atom stereocenters. The highest BCUT2D eigenvalue weighted by Crippen LogP contribution is 2.22. The Kier molecular flexibility index (Phi) is 6.04. The molecule has 0 saturated carbocycles. The lowest BCUT2D eigenvalue weighted by Crippen LogP contribution is -2.57. The molecule has 2 N–H and O–H groups in total. The molecule has 0 spiro atoms. The van der Waals surface area contributed by atoms with E-state index in [0.717, 1.165) is 32.6 Å². The Morgan fingerprint density at radius 1 is 1.33 bits per heavy atom. The van der Waals surface area contributed by atoms with Gasteiger partial charge in [-0.1, -0.05) is 13.8 Å². The number of nitrogens with one attached hydrogen (secondary N) is 1. The minimum absolute atomic E-state index is 0.0642. The van der Waals surface area contributed by atoms with Gasteiger partial charge in [0.2, 0.25) is 0 Å². The van der Waals surface area contributed by atoms with Crippen LogP contribution < -0.4 is 5.32 Å². The second kappa shape index (κ2) is 6.84. The van der Waals surface area contributed by atoms with Crippen molar-refractivity contribution in [3.05, 3.63) is 0 Å². The van der Waals surface area contributed by atoms with Crippen molar-refractivity contribution in [2.75, 3.05) is 44.3 Å². The molecule has 1 aliphatic heterocycles. The summed E-state index contributed by atoms with van der Waals surface area (Å²) in [6.45, 7) is 7.69. The van der Waals surface area contributed by atoms with E-state index in [1.165, 1.54) is 0 Å². The van der Waals surface area contributed by atoms with E-state index in [0.29, 0.717) is 6.42 Å². The van der Waals surface area contributed by atoms with Crippen molar-refractivity contribution in [2.24, 2.45) is 0 Å². The van der Waals surface area contributed by atoms with Crippen LogP contribution in [0.4, 0.5) is 0 Å². The highest BCUT2D eigenvalue weighted by molar-refractivity contribution is 7.91. The molecule has 1 fully saturated rings. The van der Waals surface area contributed by atoms with Crippen LogP contribution in [-0.2, 0) is 9.84 Å². The fourth-order valence-electron chi connectivity index (χ4n) is 2.53. The van der Waals surface area contributed by atoms with Crippen molar-refractivity contribution < 1.29 is 13.5 Å². The first-order valence-electron chi connectivity index (χ1n) is 6.75. The van der Waals surface area contributed by atoms with Crippen LogP contribution in [-0.4, -0.2) is 68.3 Å². The van der Waals surface area contributed by atoms with Gasteiger partial charge in [-0.25, -0.2) is 8.42 Å². The first kappa shape index (κ1) is 15.9. The number of aliphatic hydroxyl groups excluding tert-OH is 1. The van der Waals surface area contributed by atoms with E-state index in [1.807, 2.05) is 0 Å². The Hall–Kier alpha value is -0.170. The third kappa shape index (κ3) is 4.50. The van der Waals surface area contributed by atoms with E-state index in [1.54, 1.807) is 0 Å². The molecule has 108 valence electrons. The first-order valence-corrected chi connectivity index (χ1v) is 8.58. The molecule has 0 aromatic heterocycles. The van der Waals surface area contributed by atoms with E-state index < -0.39 is 15.4 Å². The average Bonchev–Trinajstić information content (AvgIpc) is 2.33. The molecule has 18 heavy (non-hydrogen) atoms. The van der Waals surface area contributed by atoms with Crippen molar-refractivity contribution in [3.8, 4) is 0 Å². The van der Waals surface area contributed by atoms with Crippen molar-refractivity contribution in [3.63, 3.8) is 0 Å². The Balaban J connectivity index is 2.50. The predicted molar refractivity (Wildman–Crippen MR) is 73.5 cm³/mol. The van der Waals surface area contributed by atoms with E-state index in [4.69, 9.17) is 0 Å². The topological polar surface area (TPSA) is 69.6 Å². The van der Waals surface area contributed by atoms with Crippen LogP contribution in [0.5, 0.6) is 0 Å². The zero-order valence-corrected chi connectivity index (χ0v) is 12.3. The molecule has 6 heteroatoms. The molecular formula is C12H26N2O3S. The lowest BCUT2D eigenvalue weighted by Gasteiger charge is -2.36. The Morgan fingerprint density at radius 2 is 2.00 bits per heavy atom. The van der Waals surface area contributed by atoms with Gasteiger partial charge in [0, 0.05) is 13.1 Å². The van der Waals surface area contributed by atoms with Crippen molar-refractivity contribution in [2.45, 2.75) is 32.2 Å². The fourth-order valence-corrected chi connectivity index (χ4v) is 4.44. The molecule has 0 radical (unpaired) electrons. The summed E-state index contributed by atoms with van der Waals surface area (Å²) in [6.07, 6.45) is 1.38. The number of hydrogen-bond acceptors (Lipinski definition) is 5. The minimum atomic E-state index is -3.00. The zero-order valence-electron chi connectivity index (χ0n) is 11.5. The van der Waals surface area contributed by atoms with Gasteiger partial charge >= 0.3 is 0 Å². The van der Waals surface area contributed by atoms with Gasteiger partial charge < -0.3 is 15.3 Å². The molecule has 1 atom stereocenters. The highest BCUT2D eigenvalue weighted by atomic mass is 32.2. The highest BCUT2D eigenvalue weighted by Gasteiger charge is 2.37. The maximum absolute atomic E-state index is 11.7. The molecular weight excluding hydrogens is 252 g/mol. The van der Waals surface area contributed by atoms with Crippen molar-refractivity contribution in [1.29, 1.82) is 0 Å². The molecule has 0 amide bonds. The lowest BCUT2D eigenvalue weighted by molar-refractivity contribution is 0.157. The number of aliphatic hydroxyl groups is 1. The molecule has 0 aliphatic carbocycles. The van der Waals surface area contributed by atoms with Crippen LogP contribution in [0.2, 0.25) is 0 Å². The van der Waals surface area contributed by atoms with Crippen LogP contribution in [0.3, 0.4) is 0 Å². The second-order valence-electron chi connectivity index (χ2n) is 5.09. The van der Waals surface area contributed by atoms with E-state index >= 15 is 0 Å². The minimum Gasteiger partial charge on any atom is -0.394 e. The smallest absolute Gasteiger partial charge is 0.152 e. The molecule has 0 aromatic carbocycles. The molecule has 1 rings (SSSR count). The average molecular weight is 278 g/mol. The molecule has 1 saturated heterocycles. The molecule has 1 aliphatic rings. The third-order valence-electron chi connectivity index (χ3n) is 3.73. The van der Waals surface area contributed by atoms with E-state index in [2.05, 4.69) is 24.1 Å². The molecule has 1 heterocycles. The monoisotopic (exact) mass is 278 g/mol. The third-order valence-corrected chi connectivity index (χ3v) is 5.64. The van der Waals surface area contributed by atoms with Crippen LogP contribution in [0, 0.1) is 0 Å². The summed E-state index contributed by atoms with van der Waals surface area (Å²) in [6, 6.07) is 0. The number of rotatable bonds is 7. The number of nitrogens with zero attached hydrogens (tertiary/aromatic N) is 1. The normalized spacial score (nSPS) is 27.6.